The van der Waals surface area contributed by atoms with Crippen molar-refractivity contribution in [3.63, 3.8) is 0 Å². The SMILES string of the molecule is COc1cccc(C2c3ccccc3C(c3ccc4c(c3)OCO4)C2C(=O)[O-])c1. The van der Waals surface area contributed by atoms with Gasteiger partial charge in [0.15, 0.2) is 11.5 Å². The molecule has 0 fully saturated rings. The number of ether oxygens (including phenoxy) is 3. The second-order valence-corrected chi connectivity index (χ2v) is 7.32. The first-order valence-electron chi connectivity index (χ1n) is 9.50. The van der Waals surface area contributed by atoms with Crippen molar-refractivity contribution in [3.05, 3.63) is 89.0 Å². The van der Waals surface area contributed by atoms with Gasteiger partial charge in [0.25, 0.3) is 0 Å². The van der Waals surface area contributed by atoms with Crippen LogP contribution in [0.3, 0.4) is 0 Å². The van der Waals surface area contributed by atoms with E-state index < -0.39 is 11.9 Å². The first-order valence-corrected chi connectivity index (χ1v) is 9.50. The van der Waals surface area contributed by atoms with Crippen molar-refractivity contribution in [3.8, 4) is 17.2 Å². The summed E-state index contributed by atoms with van der Waals surface area (Å²) in [5.74, 6) is -0.486. The average molecular weight is 387 g/mol. The van der Waals surface area contributed by atoms with Gasteiger partial charge in [0.1, 0.15) is 5.75 Å². The summed E-state index contributed by atoms with van der Waals surface area (Å²) in [5, 5.41) is 12.4. The molecule has 3 aromatic rings. The Morgan fingerprint density at radius 3 is 2.28 bits per heavy atom. The summed E-state index contributed by atoms with van der Waals surface area (Å²) in [4.78, 5) is 12.4. The number of methoxy groups -OCH3 is 1. The van der Waals surface area contributed by atoms with E-state index in [0.29, 0.717) is 17.2 Å². The van der Waals surface area contributed by atoms with Gasteiger partial charge in [0, 0.05) is 23.7 Å². The van der Waals surface area contributed by atoms with Crippen LogP contribution >= 0.6 is 0 Å². The Morgan fingerprint density at radius 2 is 1.59 bits per heavy atom. The van der Waals surface area contributed by atoms with Crippen LogP contribution in [0.1, 0.15) is 34.1 Å². The smallest absolute Gasteiger partial charge is 0.231 e. The Morgan fingerprint density at radius 1 is 0.897 bits per heavy atom. The summed E-state index contributed by atoms with van der Waals surface area (Å²) in [6, 6.07) is 21.1. The Labute approximate surface area is 168 Å². The van der Waals surface area contributed by atoms with Crippen molar-refractivity contribution in [2.24, 2.45) is 5.92 Å². The molecule has 0 amide bonds. The van der Waals surface area contributed by atoms with Gasteiger partial charge in [-0.05, 0) is 46.5 Å². The fourth-order valence-electron chi connectivity index (χ4n) is 4.64. The van der Waals surface area contributed by atoms with E-state index in [9.17, 15) is 9.90 Å². The number of hydrogen-bond acceptors (Lipinski definition) is 5. The van der Waals surface area contributed by atoms with Crippen LogP contribution in [0.25, 0.3) is 0 Å². The zero-order valence-corrected chi connectivity index (χ0v) is 15.8. The van der Waals surface area contributed by atoms with Gasteiger partial charge in [-0.15, -0.1) is 0 Å². The van der Waals surface area contributed by atoms with E-state index in [0.717, 1.165) is 22.3 Å². The van der Waals surface area contributed by atoms with Crippen LogP contribution in [0.4, 0.5) is 0 Å². The highest BCUT2D eigenvalue weighted by atomic mass is 16.7. The molecule has 5 rings (SSSR count). The maximum atomic E-state index is 12.4. The number of carbonyl (C=O) groups excluding carboxylic acids is 1. The molecule has 0 radical (unpaired) electrons. The third-order valence-corrected chi connectivity index (χ3v) is 5.87. The summed E-state index contributed by atoms with van der Waals surface area (Å²) < 4.78 is 16.3. The molecule has 1 aliphatic heterocycles. The Bertz CT molecular complexity index is 1090. The van der Waals surface area contributed by atoms with Crippen LogP contribution in [-0.4, -0.2) is 19.9 Å². The molecule has 3 aromatic carbocycles. The fourth-order valence-corrected chi connectivity index (χ4v) is 4.64. The molecule has 0 saturated carbocycles. The Balaban J connectivity index is 1.68. The number of hydrogen-bond donors (Lipinski definition) is 0. The molecule has 2 aliphatic rings. The van der Waals surface area contributed by atoms with Gasteiger partial charge in [-0.1, -0.05) is 42.5 Å². The summed E-state index contributed by atoms with van der Waals surface area (Å²) >= 11 is 0. The zero-order chi connectivity index (χ0) is 20.0. The zero-order valence-electron chi connectivity index (χ0n) is 15.8. The first kappa shape index (κ1) is 17.6. The molecule has 3 unspecified atom stereocenters. The fraction of sp³-hybridized carbons (Fsp3) is 0.208. The van der Waals surface area contributed by atoms with Crippen LogP contribution in [0, 0.1) is 5.92 Å². The Kier molecular flexibility index (Phi) is 4.16. The maximum Gasteiger partial charge on any atom is 0.231 e. The van der Waals surface area contributed by atoms with Gasteiger partial charge in [0.05, 0.1) is 7.11 Å². The number of rotatable bonds is 4. The summed E-state index contributed by atoms with van der Waals surface area (Å²) in [5.41, 5.74) is 3.77. The van der Waals surface area contributed by atoms with E-state index in [-0.39, 0.29) is 18.6 Å². The van der Waals surface area contributed by atoms with Crippen molar-refractivity contribution in [2.75, 3.05) is 13.9 Å². The number of carbonyl (C=O) groups is 1. The second-order valence-electron chi connectivity index (χ2n) is 7.32. The van der Waals surface area contributed by atoms with E-state index in [1.54, 1.807) is 7.11 Å². The highest BCUT2D eigenvalue weighted by Crippen LogP contribution is 2.53. The number of fused-ring (bicyclic) bond motifs is 2. The third kappa shape index (κ3) is 2.81. The normalized spacial score (nSPS) is 21.6. The predicted octanol–water partition coefficient (Wildman–Crippen LogP) is 3.07. The molecule has 1 aliphatic carbocycles. The van der Waals surface area contributed by atoms with Crippen LogP contribution < -0.4 is 19.3 Å². The van der Waals surface area contributed by atoms with Gasteiger partial charge >= 0.3 is 0 Å². The monoisotopic (exact) mass is 387 g/mol. The lowest BCUT2D eigenvalue weighted by molar-refractivity contribution is -0.312. The van der Waals surface area contributed by atoms with E-state index in [2.05, 4.69) is 0 Å². The molecule has 29 heavy (non-hydrogen) atoms. The molecular weight excluding hydrogens is 368 g/mol. The maximum absolute atomic E-state index is 12.4. The molecule has 0 bridgehead atoms. The van der Waals surface area contributed by atoms with Crippen LogP contribution in [0.15, 0.2) is 66.7 Å². The second kappa shape index (κ2) is 6.85. The van der Waals surface area contributed by atoms with Gasteiger partial charge in [-0.2, -0.15) is 0 Å². The minimum Gasteiger partial charge on any atom is -0.550 e. The number of carboxylic acid groups (broad SMARTS) is 1. The molecule has 0 spiro atoms. The van der Waals surface area contributed by atoms with Gasteiger partial charge in [-0.3, -0.25) is 0 Å². The van der Waals surface area contributed by atoms with Crippen LogP contribution in [0.5, 0.6) is 17.2 Å². The van der Waals surface area contributed by atoms with E-state index >= 15 is 0 Å². The van der Waals surface area contributed by atoms with Crippen molar-refractivity contribution < 1.29 is 24.1 Å². The van der Waals surface area contributed by atoms with Crippen LogP contribution in [0.2, 0.25) is 0 Å². The van der Waals surface area contributed by atoms with Crippen molar-refractivity contribution in [2.45, 2.75) is 11.8 Å². The van der Waals surface area contributed by atoms with Crippen molar-refractivity contribution in [1.82, 2.24) is 0 Å². The number of carboxylic acids is 1. The number of aliphatic carboxylic acids is 1. The van der Waals surface area contributed by atoms with E-state index in [1.165, 1.54) is 0 Å². The molecule has 5 nitrogen and oxygen atoms in total. The molecule has 5 heteroatoms. The topological polar surface area (TPSA) is 67.8 Å². The molecule has 3 atom stereocenters. The highest BCUT2D eigenvalue weighted by molar-refractivity contribution is 5.76. The predicted molar refractivity (Wildman–Crippen MR) is 104 cm³/mol. The van der Waals surface area contributed by atoms with Gasteiger partial charge in [0.2, 0.25) is 6.79 Å². The highest BCUT2D eigenvalue weighted by Gasteiger charge is 2.43. The lowest BCUT2D eigenvalue weighted by Gasteiger charge is -2.27. The van der Waals surface area contributed by atoms with Gasteiger partial charge in [-0.25, -0.2) is 0 Å². The van der Waals surface area contributed by atoms with Gasteiger partial charge < -0.3 is 24.1 Å². The quantitative estimate of drug-likeness (QED) is 0.688. The lowest BCUT2D eigenvalue weighted by atomic mass is 9.79. The molecule has 0 N–H and O–H groups in total. The summed E-state index contributed by atoms with van der Waals surface area (Å²) in [6.45, 7) is 0.177. The Hall–Kier alpha value is -3.47. The third-order valence-electron chi connectivity index (χ3n) is 5.87. The molecule has 1 heterocycles. The van der Waals surface area contributed by atoms with Crippen molar-refractivity contribution in [1.29, 1.82) is 0 Å². The van der Waals surface area contributed by atoms with E-state index in [4.69, 9.17) is 14.2 Å². The molecule has 0 saturated heterocycles. The minimum atomic E-state index is -1.07. The van der Waals surface area contributed by atoms with E-state index in [1.807, 2.05) is 66.7 Å². The average Bonchev–Trinajstić information content (AvgIpc) is 3.35. The molecule has 0 aromatic heterocycles. The largest absolute Gasteiger partial charge is 0.550 e. The molecular formula is C24H19O5-. The van der Waals surface area contributed by atoms with Crippen molar-refractivity contribution >= 4 is 5.97 Å². The minimum absolute atomic E-state index is 0.177. The van der Waals surface area contributed by atoms with Crippen LogP contribution in [-0.2, 0) is 4.79 Å². The lowest BCUT2D eigenvalue weighted by Crippen LogP contribution is -2.36. The number of benzene rings is 3. The molecule has 146 valence electrons. The standard InChI is InChI=1S/C24H20O5/c1-27-16-6-4-5-14(11-16)21-17-7-2-3-8-18(17)22(23(21)24(25)26)15-9-10-19-20(12-15)29-13-28-19/h2-12,21-23H,13H2,1H3,(H,25,26)/p-1. The summed E-state index contributed by atoms with van der Waals surface area (Å²) in [6.07, 6.45) is 0. The summed E-state index contributed by atoms with van der Waals surface area (Å²) in [7, 11) is 1.60. The first-order chi connectivity index (χ1) is 14.2.